The molecule has 28 heavy (non-hydrogen) atoms. The Morgan fingerprint density at radius 3 is 2.29 bits per heavy atom. The van der Waals surface area contributed by atoms with E-state index in [-0.39, 0.29) is 26.3 Å². The predicted molar refractivity (Wildman–Crippen MR) is 101 cm³/mol. The summed E-state index contributed by atoms with van der Waals surface area (Å²) in [4.78, 5) is 34.0. The molecule has 1 rings (SSSR count). The first-order chi connectivity index (χ1) is 13.1. The maximum absolute atomic E-state index is 11.8. The smallest absolute Gasteiger partial charge is 0.323 e. The summed E-state index contributed by atoms with van der Waals surface area (Å²) in [6.45, 7) is 4.72. The minimum absolute atomic E-state index is 0.0497. The molecule has 0 spiro atoms. The highest BCUT2D eigenvalue weighted by molar-refractivity contribution is 5.76. The fourth-order valence-corrected chi connectivity index (χ4v) is 2.16. The third-order valence-electron chi connectivity index (χ3n) is 3.78. The third-order valence-corrected chi connectivity index (χ3v) is 3.78. The molecule has 0 aliphatic rings. The van der Waals surface area contributed by atoms with E-state index in [9.17, 15) is 19.5 Å². The number of benzene rings is 1. The third kappa shape index (κ3) is 9.45. The molecule has 0 unspecified atom stereocenters. The Balaban J connectivity index is 2.41. The number of esters is 1. The highest BCUT2D eigenvalue weighted by Crippen LogP contribution is 2.09. The maximum Gasteiger partial charge on any atom is 0.323 e. The van der Waals surface area contributed by atoms with Gasteiger partial charge in [-0.05, 0) is 26.3 Å². The molecule has 0 heterocycles. The van der Waals surface area contributed by atoms with Gasteiger partial charge in [0.15, 0.2) is 0 Å². The molecule has 0 aromatic heterocycles. The van der Waals surface area contributed by atoms with Gasteiger partial charge in [0.05, 0.1) is 19.8 Å². The van der Waals surface area contributed by atoms with Crippen molar-refractivity contribution in [3.05, 3.63) is 35.9 Å². The number of carboxylic acid groups (broad SMARTS) is 2. The summed E-state index contributed by atoms with van der Waals surface area (Å²) in [6.07, 6.45) is 0. The number of hydrogen-bond donors (Lipinski definition) is 4. The van der Waals surface area contributed by atoms with Crippen LogP contribution in [-0.4, -0.2) is 65.5 Å². The lowest BCUT2D eigenvalue weighted by molar-refractivity contribution is -0.155. The molecule has 0 amide bonds. The molecule has 9 nitrogen and oxygen atoms in total. The number of hydrogen-bond acceptors (Lipinski definition) is 7. The average molecular weight is 396 g/mol. The minimum Gasteiger partial charge on any atom is -0.480 e. The van der Waals surface area contributed by atoms with Crippen LogP contribution in [0.2, 0.25) is 0 Å². The molecule has 0 aliphatic carbocycles. The summed E-state index contributed by atoms with van der Waals surface area (Å²) in [7, 11) is 0. The van der Waals surface area contributed by atoms with Crippen LogP contribution in [0.1, 0.15) is 26.3 Å². The van der Waals surface area contributed by atoms with Gasteiger partial charge in [-0.1, -0.05) is 30.3 Å². The normalized spacial score (nSPS) is 13.5. The van der Waals surface area contributed by atoms with E-state index in [1.807, 2.05) is 30.3 Å². The summed E-state index contributed by atoms with van der Waals surface area (Å²) in [6, 6.07) is 7.53. The second-order valence-electron chi connectivity index (χ2n) is 6.95. The molecule has 0 bridgehead atoms. The number of rotatable bonds is 13. The number of aliphatic carboxylic acids is 2. The number of nitrogens with one attached hydrogen (secondary N) is 2. The van der Waals surface area contributed by atoms with Crippen LogP contribution in [0.3, 0.4) is 0 Å². The lowest BCUT2D eigenvalue weighted by Crippen LogP contribution is -2.49. The van der Waals surface area contributed by atoms with E-state index in [0.29, 0.717) is 0 Å². The van der Waals surface area contributed by atoms with Crippen molar-refractivity contribution in [1.82, 2.24) is 10.6 Å². The molecule has 156 valence electrons. The summed E-state index contributed by atoms with van der Waals surface area (Å²) in [5, 5.41) is 23.4. The van der Waals surface area contributed by atoms with Crippen LogP contribution in [0.4, 0.5) is 0 Å². The lowest BCUT2D eigenvalue weighted by Gasteiger charge is -2.27. The molecule has 0 aliphatic heterocycles. The first-order valence-corrected chi connectivity index (χ1v) is 8.86. The topological polar surface area (TPSA) is 134 Å². The molecule has 0 radical (unpaired) electrons. The first kappa shape index (κ1) is 23.5. The zero-order chi connectivity index (χ0) is 21.2. The standard InChI is InChI=1S/C19H28N2O7/c1-13(17(23)24)20-9-16(22)28-19(2,3)12-21-15(18(25)26)11-27-10-14-7-5-4-6-8-14/h4-8,13,15,20-21H,9-12H2,1-3H3,(H,23,24)(H,25,26)/t13-,15-/m0/s1. The van der Waals surface area contributed by atoms with E-state index in [0.717, 1.165) is 5.56 Å². The number of carbonyl (C=O) groups excluding carboxylic acids is 1. The average Bonchev–Trinajstić information content (AvgIpc) is 2.62. The summed E-state index contributed by atoms with van der Waals surface area (Å²) >= 11 is 0. The molecule has 4 N–H and O–H groups in total. The Labute approximate surface area is 164 Å². The van der Waals surface area contributed by atoms with E-state index >= 15 is 0 Å². The van der Waals surface area contributed by atoms with E-state index < -0.39 is 35.6 Å². The maximum atomic E-state index is 11.8. The first-order valence-electron chi connectivity index (χ1n) is 8.86. The molecule has 2 atom stereocenters. The van der Waals surface area contributed by atoms with Gasteiger partial charge < -0.3 is 19.7 Å². The number of carbonyl (C=O) groups is 3. The number of ether oxygens (including phenoxy) is 2. The highest BCUT2D eigenvalue weighted by Gasteiger charge is 2.27. The SMILES string of the molecule is C[C@H](NCC(=O)OC(C)(C)CN[C@@H](COCc1ccccc1)C(=O)O)C(=O)O. The second kappa shape index (κ2) is 11.4. The monoisotopic (exact) mass is 396 g/mol. The Morgan fingerprint density at radius 1 is 1.07 bits per heavy atom. The summed E-state index contributed by atoms with van der Waals surface area (Å²) < 4.78 is 10.7. The quantitative estimate of drug-likeness (QED) is 0.354. The van der Waals surface area contributed by atoms with Crippen molar-refractivity contribution in [3.63, 3.8) is 0 Å². The molecule has 0 saturated heterocycles. The van der Waals surface area contributed by atoms with Gasteiger partial charge in [0, 0.05) is 6.54 Å². The van der Waals surface area contributed by atoms with Crippen LogP contribution in [-0.2, 0) is 30.5 Å². The van der Waals surface area contributed by atoms with E-state index in [1.165, 1.54) is 6.92 Å². The van der Waals surface area contributed by atoms with Crippen molar-refractivity contribution in [2.24, 2.45) is 0 Å². The van der Waals surface area contributed by atoms with Gasteiger partial charge in [0.2, 0.25) is 0 Å². The Kier molecular flexibility index (Phi) is 9.57. The fourth-order valence-electron chi connectivity index (χ4n) is 2.16. The molecule has 1 aromatic rings. The molecular formula is C19H28N2O7. The van der Waals surface area contributed by atoms with Crippen LogP contribution in [0.25, 0.3) is 0 Å². The number of carboxylic acids is 2. The van der Waals surface area contributed by atoms with Crippen molar-refractivity contribution in [2.75, 3.05) is 19.7 Å². The predicted octanol–water partition coefficient (Wildman–Crippen LogP) is 0.631. The van der Waals surface area contributed by atoms with Gasteiger partial charge in [0.25, 0.3) is 0 Å². The summed E-state index contributed by atoms with van der Waals surface area (Å²) in [5.74, 6) is -2.78. The molecule has 9 heteroatoms. The zero-order valence-electron chi connectivity index (χ0n) is 16.3. The van der Waals surface area contributed by atoms with Crippen LogP contribution in [0, 0.1) is 0 Å². The van der Waals surface area contributed by atoms with E-state index in [2.05, 4.69) is 10.6 Å². The Morgan fingerprint density at radius 2 is 1.71 bits per heavy atom. The summed E-state index contributed by atoms with van der Waals surface area (Å²) in [5.41, 5.74) is -0.0535. The van der Waals surface area contributed by atoms with Gasteiger partial charge in [0.1, 0.15) is 17.7 Å². The molecular weight excluding hydrogens is 368 g/mol. The van der Waals surface area contributed by atoms with E-state index in [4.69, 9.17) is 14.6 Å². The van der Waals surface area contributed by atoms with Crippen LogP contribution >= 0.6 is 0 Å². The van der Waals surface area contributed by atoms with Crippen LogP contribution in [0.5, 0.6) is 0 Å². The van der Waals surface area contributed by atoms with Gasteiger partial charge >= 0.3 is 17.9 Å². The van der Waals surface area contributed by atoms with Crippen molar-refractivity contribution in [2.45, 2.75) is 45.1 Å². The van der Waals surface area contributed by atoms with Crippen molar-refractivity contribution < 1.29 is 34.1 Å². The van der Waals surface area contributed by atoms with Crippen molar-refractivity contribution >= 4 is 17.9 Å². The highest BCUT2D eigenvalue weighted by atomic mass is 16.6. The van der Waals surface area contributed by atoms with Gasteiger partial charge in [-0.3, -0.25) is 25.0 Å². The van der Waals surface area contributed by atoms with Gasteiger partial charge in [-0.25, -0.2) is 0 Å². The van der Waals surface area contributed by atoms with Crippen molar-refractivity contribution in [1.29, 1.82) is 0 Å². The fraction of sp³-hybridized carbons (Fsp3) is 0.526. The van der Waals surface area contributed by atoms with Crippen LogP contribution < -0.4 is 10.6 Å². The van der Waals surface area contributed by atoms with Crippen molar-refractivity contribution in [3.8, 4) is 0 Å². The van der Waals surface area contributed by atoms with Gasteiger partial charge in [-0.2, -0.15) is 0 Å². The van der Waals surface area contributed by atoms with E-state index in [1.54, 1.807) is 13.8 Å². The largest absolute Gasteiger partial charge is 0.480 e. The Hall–Kier alpha value is -2.49. The van der Waals surface area contributed by atoms with Crippen LogP contribution in [0.15, 0.2) is 30.3 Å². The molecule has 0 fully saturated rings. The Bertz CT molecular complexity index is 649. The minimum atomic E-state index is -1.08. The second-order valence-corrected chi connectivity index (χ2v) is 6.95. The lowest BCUT2D eigenvalue weighted by atomic mass is 10.1. The van der Waals surface area contributed by atoms with Gasteiger partial charge in [-0.15, -0.1) is 0 Å². The molecule has 1 aromatic carbocycles. The zero-order valence-corrected chi connectivity index (χ0v) is 16.3. The molecule has 0 saturated carbocycles.